The fraction of sp³-hybridized carbons (Fsp3) is 0.167. The van der Waals surface area contributed by atoms with Gasteiger partial charge in [-0.1, -0.05) is 30.0 Å². The van der Waals surface area contributed by atoms with Crippen LogP contribution in [0.25, 0.3) is 6.08 Å². The number of thiophene rings is 1. The average Bonchev–Trinajstić information content (AvgIpc) is 2.97. The predicted octanol–water partition coefficient (Wildman–Crippen LogP) is 1.88. The second kappa shape index (κ2) is 6.37. The summed E-state index contributed by atoms with van der Waals surface area (Å²) in [6.45, 7) is 0. The van der Waals surface area contributed by atoms with Crippen molar-refractivity contribution in [3.05, 3.63) is 27.3 Å². The highest BCUT2D eigenvalue weighted by Crippen LogP contribution is 2.35. The molecule has 2 N–H and O–H groups in total. The second-order valence-corrected chi connectivity index (χ2v) is 6.67. The Labute approximate surface area is 133 Å². The summed E-state index contributed by atoms with van der Waals surface area (Å²) in [6.07, 6.45) is 0.914. The zero-order valence-electron chi connectivity index (χ0n) is 10.4. The number of thioether (sulfide) groups is 1. The Morgan fingerprint density at radius 3 is 2.67 bits per heavy atom. The zero-order chi connectivity index (χ0) is 15.6. The van der Waals surface area contributed by atoms with Gasteiger partial charge in [0.2, 0.25) is 0 Å². The van der Waals surface area contributed by atoms with Gasteiger partial charge in [-0.05, 0) is 17.5 Å². The van der Waals surface area contributed by atoms with Crippen LogP contribution in [0.4, 0.5) is 0 Å². The Morgan fingerprint density at radius 1 is 1.43 bits per heavy atom. The molecule has 1 aromatic rings. The average molecular weight is 343 g/mol. The maximum Gasteiger partial charge on any atom is 0.327 e. The standard InChI is InChI=1S/C12H9NO5S3/c14-9(15)5-7(11(17)18)13-10(16)8(21-12(13)19)4-6-2-1-3-20-6/h1-4,7H,5H2,(H,14,15)(H,17,18)/b8-4-/t7-/m0/s1. The van der Waals surface area contributed by atoms with E-state index in [1.165, 1.54) is 11.3 Å². The molecule has 1 atom stereocenters. The summed E-state index contributed by atoms with van der Waals surface area (Å²) in [5, 5.41) is 19.7. The minimum Gasteiger partial charge on any atom is -0.481 e. The van der Waals surface area contributed by atoms with Crippen molar-refractivity contribution in [1.82, 2.24) is 4.90 Å². The fourth-order valence-corrected chi connectivity index (χ4v) is 3.79. The topological polar surface area (TPSA) is 94.9 Å². The van der Waals surface area contributed by atoms with Gasteiger partial charge < -0.3 is 10.2 Å². The highest BCUT2D eigenvalue weighted by atomic mass is 32.2. The maximum absolute atomic E-state index is 12.3. The van der Waals surface area contributed by atoms with Crippen LogP contribution in [0, 0.1) is 0 Å². The molecule has 1 saturated heterocycles. The third-order valence-corrected chi connectivity index (χ3v) is 4.75. The largest absolute Gasteiger partial charge is 0.481 e. The molecule has 1 fully saturated rings. The molecule has 0 aliphatic carbocycles. The first kappa shape index (κ1) is 15.7. The van der Waals surface area contributed by atoms with Gasteiger partial charge in [-0.2, -0.15) is 0 Å². The predicted molar refractivity (Wildman–Crippen MR) is 83.0 cm³/mol. The zero-order valence-corrected chi connectivity index (χ0v) is 12.8. The molecule has 2 heterocycles. The Hall–Kier alpha value is -1.71. The summed E-state index contributed by atoms with van der Waals surface area (Å²) >= 11 is 7.41. The summed E-state index contributed by atoms with van der Waals surface area (Å²) in [6, 6.07) is 2.13. The first-order chi connectivity index (χ1) is 9.90. The van der Waals surface area contributed by atoms with Gasteiger partial charge in [0.05, 0.1) is 11.3 Å². The van der Waals surface area contributed by atoms with Crippen LogP contribution in [-0.4, -0.2) is 43.3 Å². The van der Waals surface area contributed by atoms with Crippen molar-refractivity contribution < 1.29 is 24.6 Å². The number of carboxylic acid groups (broad SMARTS) is 2. The first-order valence-corrected chi connectivity index (χ1v) is 7.75. The van der Waals surface area contributed by atoms with Crippen LogP contribution >= 0.6 is 35.3 Å². The van der Waals surface area contributed by atoms with E-state index >= 15 is 0 Å². The van der Waals surface area contributed by atoms with E-state index in [0.29, 0.717) is 4.91 Å². The molecule has 0 unspecified atom stereocenters. The van der Waals surface area contributed by atoms with Gasteiger partial charge in [0, 0.05) is 4.88 Å². The fourth-order valence-electron chi connectivity index (χ4n) is 1.71. The van der Waals surface area contributed by atoms with Crippen LogP contribution in [0.5, 0.6) is 0 Å². The third kappa shape index (κ3) is 3.49. The molecule has 6 nitrogen and oxygen atoms in total. The summed E-state index contributed by atoms with van der Waals surface area (Å²) < 4.78 is 0.0523. The summed E-state index contributed by atoms with van der Waals surface area (Å²) in [5.74, 6) is -3.28. The van der Waals surface area contributed by atoms with Crippen molar-refractivity contribution in [3.63, 3.8) is 0 Å². The van der Waals surface area contributed by atoms with Gasteiger partial charge >= 0.3 is 11.9 Å². The third-order valence-electron chi connectivity index (χ3n) is 2.60. The second-order valence-electron chi connectivity index (χ2n) is 4.02. The Balaban J connectivity index is 2.29. The normalized spacial score (nSPS) is 18.3. The smallest absolute Gasteiger partial charge is 0.327 e. The van der Waals surface area contributed by atoms with Crippen LogP contribution in [0.3, 0.4) is 0 Å². The van der Waals surface area contributed by atoms with Gasteiger partial charge in [0.1, 0.15) is 10.4 Å². The number of carbonyl (C=O) groups excluding carboxylic acids is 1. The van der Waals surface area contributed by atoms with Crippen LogP contribution in [0.1, 0.15) is 11.3 Å². The van der Waals surface area contributed by atoms with E-state index in [1.54, 1.807) is 6.08 Å². The lowest BCUT2D eigenvalue weighted by atomic mass is 10.2. The van der Waals surface area contributed by atoms with Gasteiger partial charge in [-0.3, -0.25) is 14.5 Å². The molecule has 2 rings (SSSR count). The lowest BCUT2D eigenvalue weighted by Gasteiger charge is -2.21. The molecule has 0 spiro atoms. The Kier molecular flexibility index (Phi) is 4.76. The number of nitrogens with zero attached hydrogens (tertiary/aromatic N) is 1. The van der Waals surface area contributed by atoms with Crippen molar-refractivity contribution in [2.24, 2.45) is 0 Å². The number of carboxylic acids is 2. The van der Waals surface area contributed by atoms with Crippen molar-refractivity contribution in [2.45, 2.75) is 12.5 Å². The van der Waals surface area contributed by atoms with E-state index < -0.39 is 30.3 Å². The highest BCUT2D eigenvalue weighted by Gasteiger charge is 2.41. The van der Waals surface area contributed by atoms with E-state index in [0.717, 1.165) is 21.5 Å². The van der Waals surface area contributed by atoms with Gasteiger partial charge in [0.15, 0.2) is 0 Å². The van der Waals surface area contributed by atoms with E-state index in [9.17, 15) is 14.4 Å². The minimum atomic E-state index is -1.50. The van der Waals surface area contributed by atoms with Crippen LogP contribution < -0.4 is 0 Å². The lowest BCUT2D eigenvalue weighted by molar-refractivity contribution is -0.150. The first-order valence-electron chi connectivity index (χ1n) is 5.65. The molecule has 9 heteroatoms. The molecule has 1 aromatic heterocycles. The van der Waals surface area contributed by atoms with Gasteiger partial charge in [0.25, 0.3) is 5.91 Å². The lowest BCUT2D eigenvalue weighted by Crippen LogP contribution is -2.45. The van der Waals surface area contributed by atoms with Crippen LogP contribution in [-0.2, 0) is 14.4 Å². The van der Waals surface area contributed by atoms with Crippen LogP contribution in [0.2, 0.25) is 0 Å². The summed E-state index contributed by atoms with van der Waals surface area (Å²) in [4.78, 5) is 36.2. The number of hydrogen-bond acceptors (Lipinski definition) is 6. The molecule has 0 bridgehead atoms. The molecule has 110 valence electrons. The molecule has 1 aliphatic rings. The molecular weight excluding hydrogens is 334 g/mol. The number of rotatable bonds is 5. The van der Waals surface area contributed by atoms with E-state index in [4.69, 9.17) is 22.4 Å². The maximum atomic E-state index is 12.3. The molecule has 1 aliphatic heterocycles. The number of amides is 1. The monoisotopic (exact) mass is 343 g/mol. The van der Waals surface area contributed by atoms with Gasteiger partial charge in [-0.25, -0.2) is 4.79 Å². The van der Waals surface area contributed by atoms with E-state index in [-0.39, 0.29) is 4.32 Å². The van der Waals surface area contributed by atoms with Crippen molar-refractivity contribution >= 4 is 63.6 Å². The van der Waals surface area contributed by atoms with Gasteiger partial charge in [-0.15, -0.1) is 11.3 Å². The number of carbonyl (C=O) groups is 3. The summed E-state index contributed by atoms with van der Waals surface area (Å²) in [7, 11) is 0. The molecule has 1 amide bonds. The van der Waals surface area contributed by atoms with E-state index in [1.807, 2.05) is 17.5 Å². The minimum absolute atomic E-state index is 0.0523. The molecule has 0 aromatic carbocycles. The molecule has 0 saturated carbocycles. The molecule has 0 radical (unpaired) electrons. The number of hydrogen-bond donors (Lipinski definition) is 2. The quantitative estimate of drug-likeness (QED) is 0.622. The molecule has 21 heavy (non-hydrogen) atoms. The van der Waals surface area contributed by atoms with Crippen molar-refractivity contribution in [3.8, 4) is 0 Å². The van der Waals surface area contributed by atoms with Crippen LogP contribution in [0.15, 0.2) is 22.4 Å². The Bertz CT molecular complexity index is 637. The van der Waals surface area contributed by atoms with Crippen molar-refractivity contribution in [2.75, 3.05) is 0 Å². The summed E-state index contributed by atoms with van der Waals surface area (Å²) in [5.41, 5.74) is 0. The SMILES string of the molecule is O=C(O)C[C@@H](C(=O)O)N1C(=O)/C(=C/c2cccs2)SC1=S. The van der Waals surface area contributed by atoms with E-state index in [2.05, 4.69) is 0 Å². The molecular formula is C12H9NO5S3. The van der Waals surface area contributed by atoms with Crippen molar-refractivity contribution in [1.29, 1.82) is 0 Å². The number of aliphatic carboxylic acids is 2. The Morgan fingerprint density at radius 2 is 2.14 bits per heavy atom. The number of thiocarbonyl (C=S) groups is 1. The highest BCUT2D eigenvalue weighted by molar-refractivity contribution is 8.26.